The third-order valence-electron chi connectivity index (χ3n) is 4.13. The molecule has 28 heavy (non-hydrogen) atoms. The molecule has 0 amide bonds. The van der Waals surface area contributed by atoms with Gasteiger partial charge in [-0.2, -0.15) is 5.10 Å². The van der Waals surface area contributed by atoms with E-state index in [1.807, 2.05) is 24.3 Å². The fourth-order valence-electron chi connectivity index (χ4n) is 2.76. The highest BCUT2D eigenvalue weighted by Gasteiger charge is 2.06. The molecule has 0 saturated heterocycles. The van der Waals surface area contributed by atoms with Crippen LogP contribution in [-0.2, 0) is 13.1 Å². The second kappa shape index (κ2) is 9.40. The average molecular weight is 380 g/mol. The van der Waals surface area contributed by atoms with Gasteiger partial charge in [-0.3, -0.25) is 4.99 Å². The third kappa shape index (κ3) is 5.00. The topological polar surface area (TPSA) is 85.6 Å². The molecule has 0 saturated carbocycles. The zero-order valence-corrected chi connectivity index (χ0v) is 16.2. The van der Waals surface area contributed by atoms with Crippen LogP contribution in [0.5, 0.6) is 11.5 Å². The van der Waals surface area contributed by atoms with Crippen molar-refractivity contribution in [2.75, 3.05) is 26.6 Å². The summed E-state index contributed by atoms with van der Waals surface area (Å²) in [7, 11) is 4.96. The lowest BCUT2D eigenvalue weighted by Gasteiger charge is -2.14. The van der Waals surface area contributed by atoms with E-state index in [1.165, 1.54) is 6.33 Å². The molecular weight excluding hydrogens is 356 g/mol. The van der Waals surface area contributed by atoms with Crippen molar-refractivity contribution >= 4 is 11.6 Å². The molecule has 0 atom stereocenters. The van der Waals surface area contributed by atoms with Crippen molar-refractivity contribution in [2.45, 2.75) is 13.1 Å². The molecule has 3 aromatic rings. The molecule has 0 spiro atoms. The van der Waals surface area contributed by atoms with Gasteiger partial charge in [0.15, 0.2) is 17.5 Å². The predicted octanol–water partition coefficient (Wildman–Crippen LogP) is 2.53. The molecule has 146 valence electrons. The van der Waals surface area contributed by atoms with E-state index in [0.717, 1.165) is 16.8 Å². The highest BCUT2D eigenvalue weighted by molar-refractivity contribution is 5.93. The smallest absolute Gasteiger partial charge is 0.195 e. The Morgan fingerprint density at radius 1 is 1.07 bits per heavy atom. The lowest BCUT2D eigenvalue weighted by molar-refractivity contribution is 0.355. The van der Waals surface area contributed by atoms with Gasteiger partial charge in [0.2, 0.25) is 0 Å². The van der Waals surface area contributed by atoms with E-state index in [2.05, 4.69) is 43.9 Å². The van der Waals surface area contributed by atoms with Crippen LogP contribution in [0.15, 0.2) is 60.1 Å². The minimum atomic E-state index is 0.637. The first-order chi connectivity index (χ1) is 13.7. The molecule has 0 aliphatic heterocycles. The molecule has 3 rings (SSSR count). The fraction of sp³-hybridized carbons (Fsp3) is 0.250. The molecule has 0 bridgehead atoms. The second-order valence-corrected chi connectivity index (χ2v) is 6.03. The van der Waals surface area contributed by atoms with Crippen molar-refractivity contribution in [1.29, 1.82) is 0 Å². The first-order valence-electron chi connectivity index (χ1n) is 8.81. The van der Waals surface area contributed by atoms with Crippen LogP contribution in [0.2, 0.25) is 0 Å². The number of aliphatic imine (C=N–C) groups is 1. The fourth-order valence-corrected chi connectivity index (χ4v) is 2.76. The predicted molar refractivity (Wildman–Crippen MR) is 109 cm³/mol. The summed E-state index contributed by atoms with van der Waals surface area (Å²) < 4.78 is 12.4. The van der Waals surface area contributed by atoms with Crippen LogP contribution in [-0.4, -0.2) is 42.0 Å². The molecule has 2 N–H and O–H groups in total. The largest absolute Gasteiger partial charge is 0.493 e. The maximum absolute atomic E-state index is 5.34. The molecule has 0 aliphatic carbocycles. The summed E-state index contributed by atoms with van der Waals surface area (Å²) in [5, 5.41) is 10.7. The average Bonchev–Trinajstić information content (AvgIpc) is 3.24. The van der Waals surface area contributed by atoms with Gasteiger partial charge in [-0.25, -0.2) is 9.67 Å². The van der Waals surface area contributed by atoms with Crippen LogP contribution in [0.25, 0.3) is 0 Å². The molecule has 8 nitrogen and oxygen atoms in total. The highest BCUT2D eigenvalue weighted by Crippen LogP contribution is 2.29. The summed E-state index contributed by atoms with van der Waals surface area (Å²) in [5.74, 6) is 2.00. The number of nitrogens with zero attached hydrogens (tertiary/aromatic N) is 4. The number of hydrogen-bond donors (Lipinski definition) is 2. The molecule has 0 aliphatic rings. The Morgan fingerprint density at radius 2 is 1.89 bits per heavy atom. The van der Waals surface area contributed by atoms with E-state index in [-0.39, 0.29) is 0 Å². The van der Waals surface area contributed by atoms with E-state index in [9.17, 15) is 0 Å². The van der Waals surface area contributed by atoms with Gasteiger partial charge < -0.3 is 20.1 Å². The third-order valence-corrected chi connectivity index (χ3v) is 4.13. The van der Waals surface area contributed by atoms with Gasteiger partial charge >= 0.3 is 0 Å². The van der Waals surface area contributed by atoms with Crippen molar-refractivity contribution < 1.29 is 9.47 Å². The number of anilines is 1. The van der Waals surface area contributed by atoms with Crippen LogP contribution in [0.3, 0.4) is 0 Å². The van der Waals surface area contributed by atoms with Crippen molar-refractivity contribution in [3.8, 4) is 11.5 Å². The molecule has 1 aromatic heterocycles. The number of benzene rings is 2. The van der Waals surface area contributed by atoms with Crippen molar-refractivity contribution in [3.63, 3.8) is 0 Å². The monoisotopic (exact) mass is 380 g/mol. The maximum atomic E-state index is 5.34. The Morgan fingerprint density at radius 3 is 2.61 bits per heavy atom. The molecule has 8 heteroatoms. The van der Waals surface area contributed by atoms with Gasteiger partial charge in [0.05, 0.1) is 20.8 Å². The van der Waals surface area contributed by atoms with E-state index in [4.69, 9.17) is 9.47 Å². The Labute approximate surface area is 164 Å². The van der Waals surface area contributed by atoms with Gasteiger partial charge in [0, 0.05) is 25.3 Å². The Bertz CT molecular complexity index is 924. The quantitative estimate of drug-likeness (QED) is 0.484. The summed E-state index contributed by atoms with van der Waals surface area (Å²) >= 11 is 0. The van der Waals surface area contributed by atoms with Crippen LogP contribution in [0.4, 0.5) is 5.69 Å². The normalized spacial score (nSPS) is 11.2. The van der Waals surface area contributed by atoms with Crippen LogP contribution in [0.1, 0.15) is 11.1 Å². The minimum Gasteiger partial charge on any atom is -0.493 e. The SMILES string of the molecule is CN=C(NCc1cccc(Cn2cncn2)c1)Nc1ccc(OC)c(OC)c1. The number of methoxy groups -OCH3 is 2. The zero-order chi connectivity index (χ0) is 19.8. The maximum Gasteiger partial charge on any atom is 0.195 e. The van der Waals surface area contributed by atoms with Gasteiger partial charge in [0.25, 0.3) is 0 Å². The van der Waals surface area contributed by atoms with E-state index in [0.29, 0.717) is 30.5 Å². The van der Waals surface area contributed by atoms with E-state index >= 15 is 0 Å². The number of ether oxygens (including phenoxy) is 2. The minimum absolute atomic E-state index is 0.637. The molecule has 1 heterocycles. The Balaban J connectivity index is 1.61. The van der Waals surface area contributed by atoms with Gasteiger partial charge in [-0.1, -0.05) is 24.3 Å². The summed E-state index contributed by atoms with van der Waals surface area (Å²) in [4.78, 5) is 8.25. The zero-order valence-electron chi connectivity index (χ0n) is 16.2. The van der Waals surface area contributed by atoms with Crippen molar-refractivity contribution in [3.05, 3.63) is 66.2 Å². The highest BCUT2D eigenvalue weighted by atomic mass is 16.5. The standard InChI is InChI=1S/C20H24N6O2/c1-21-20(25-17-7-8-18(27-2)19(10-17)28-3)23-11-15-5-4-6-16(9-15)12-26-14-22-13-24-26/h4-10,13-14H,11-12H2,1-3H3,(H2,21,23,25). The number of hydrogen-bond acceptors (Lipinski definition) is 5. The molecule has 0 fully saturated rings. The molecular formula is C20H24N6O2. The lowest BCUT2D eigenvalue weighted by Crippen LogP contribution is -2.30. The van der Waals surface area contributed by atoms with Gasteiger partial charge in [-0.15, -0.1) is 0 Å². The van der Waals surface area contributed by atoms with Crippen LogP contribution >= 0.6 is 0 Å². The van der Waals surface area contributed by atoms with Crippen molar-refractivity contribution in [2.24, 2.45) is 4.99 Å². The molecule has 2 aromatic carbocycles. The second-order valence-electron chi connectivity index (χ2n) is 6.03. The summed E-state index contributed by atoms with van der Waals surface area (Å²) in [6.45, 7) is 1.32. The Hall–Kier alpha value is -3.55. The first kappa shape index (κ1) is 19.2. The lowest BCUT2D eigenvalue weighted by atomic mass is 10.1. The van der Waals surface area contributed by atoms with Gasteiger partial charge in [0.1, 0.15) is 12.7 Å². The Kier molecular flexibility index (Phi) is 6.46. The summed E-state index contributed by atoms with van der Waals surface area (Å²) in [5.41, 5.74) is 3.16. The number of rotatable bonds is 7. The van der Waals surface area contributed by atoms with Crippen molar-refractivity contribution in [1.82, 2.24) is 20.1 Å². The van der Waals surface area contributed by atoms with Crippen LogP contribution in [0, 0.1) is 0 Å². The summed E-state index contributed by atoms with van der Waals surface area (Å²) in [6.07, 6.45) is 3.25. The molecule has 0 radical (unpaired) electrons. The van der Waals surface area contributed by atoms with Gasteiger partial charge in [-0.05, 0) is 23.3 Å². The van der Waals surface area contributed by atoms with E-state index in [1.54, 1.807) is 32.3 Å². The number of aromatic nitrogens is 3. The number of nitrogens with one attached hydrogen (secondary N) is 2. The summed E-state index contributed by atoms with van der Waals surface area (Å²) in [6, 6.07) is 13.9. The van der Waals surface area contributed by atoms with E-state index < -0.39 is 0 Å². The van der Waals surface area contributed by atoms with Crippen LogP contribution < -0.4 is 20.1 Å². The first-order valence-corrected chi connectivity index (χ1v) is 8.81. The number of guanidine groups is 1. The molecule has 0 unspecified atom stereocenters.